The van der Waals surface area contributed by atoms with E-state index in [9.17, 15) is 4.79 Å². The fraction of sp³-hybridized carbons (Fsp3) is 0.769. The molecule has 2 aliphatic rings. The van der Waals surface area contributed by atoms with E-state index >= 15 is 0 Å². The highest BCUT2D eigenvalue weighted by Gasteiger charge is 2.28. The number of aromatic nitrogens is 3. The van der Waals surface area contributed by atoms with Gasteiger partial charge in [-0.2, -0.15) is 5.10 Å². The first-order chi connectivity index (χ1) is 9.11. The van der Waals surface area contributed by atoms with E-state index in [-0.39, 0.29) is 5.92 Å². The molecule has 2 atom stereocenters. The monoisotopic (exact) mass is 264 g/mol. The van der Waals surface area contributed by atoms with Gasteiger partial charge in [-0.25, -0.2) is 9.67 Å². The number of rotatable bonds is 3. The van der Waals surface area contributed by atoms with Gasteiger partial charge in [0.2, 0.25) is 0 Å². The van der Waals surface area contributed by atoms with Crippen molar-refractivity contribution in [3.8, 4) is 0 Å². The van der Waals surface area contributed by atoms with E-state index in [2.05, 4.69) is 22.0 Å². The number of aliphatic carboxylic acids is 1. The first kappa shape index (κ1) is 12.6. The maximum atomic E-state index is 11.0. The Morgan fingerprint density at radius 3 is 2.95 bits per heavy atom. The Morgan fingerprint density at radius 2 is 2.26 bits per heavy atom. The first-order valence-electron chi connectivity index (χ1n) is 6.96. The van der Waals surface area contributed by atoms with Crippen LogP contribution in [0.2, 0.25) is 0 Å². The van der Waals surface area contributed by atoms with Gasteiger partial charge in [-0.05, 0) is 32.4 Å². The fourth-order valence-corrected chi connectivity index (χ4v) is 3.11. The van der Waals surface area contributed by atoms with E-state index in [4.69, 9.17) is 5.11 Å². The van der Waals surface area contributed by atoms with Crippen LogP contribution in [0.3, 0.4) is 0 Å². The average molecular weight is 264 g/mol. The van der Waals surface area contributed by atoms with Crippen molar-refractivity contribution in [3.05, 3.63) is 11.6 Å². The van der Waals surface area contributed by atoms with Gasteiger partial charge in [0.25, 0.3) is 0 Å². The van der Waals surface area contributed by atoms with E-state index in [0.29, 0.717) is 25.3 Å². The highest BCUT2D eigenvalue weighted by Crippen LogP contribution is 2.22. The van der Waals surface area contributed by atoms with E-state index in [1.807, 2.05) is 4.68 Å². The lowest BCUT2D eigenvalue weighted by atomic mass is 9.98. The zero-order valence-corrected chi connectivity index (χ0v) is 11.2. The zero-order valence-electron chi connectivity index (χ0n) is 11.2. The lowest BCUT2D eigenvalue weighted by Crippen LogP contribution is -2.26. The van der Waals surface area contributed by atoms with Gasteiger partial charge in [0.05, 0.1) is 5.92 Å². The number of fused-ring (bicyclic) bond motifs is 1. The van der Waals surface area contributed by atoms with Gasteiger partial charge >= 0.3 is 5.97 Å². The smallest absolute Gasteiger partial charge is 0.307 e. The summed E-state index contributed by atoms with van der Waals surface area (Å²) < 4.78 is 1.90. The summed E-state index contributed by atoms with van der Waals surface area (Å²) in [7, 11) is 2.14. The van der Waals surface area contributed by atoms with Gasteiger partial charge in [0, 0.05) is 25.9 Å². The summed E-state index contributed by atoms with van der Waals surface area (Å²) in [5.41, 5.74) is 0. The Bertz CT molecular complexity index is 485. The molecule has 104 valence electrons. The van der Waals surface area contributed by atoms with Gasteiger partial charge in [-0.15, -0.1) is 0 Å². The average Bonchev–Trinajstić information content (AvgIpc) is 2.94. The molecule has 2 unspecified atom stereocenters. The second-order valence-electron chi connectivity index (χ2n) is 5.82. The highest BCUT2D eigenvalue weighted by atomic mass is 16.4. The molecule has 0 spiro atoms. The van der Waals surface area contributed by atoms with E-state index in [0.717, 1.165) is 31.2 Å². The van der Waals surface area contributed by atoms with E-state index < -0.39 is 5.97 Å². The number of hydrogen-bond donors (Lipinski definition) is 1. The zero-order chi connectivity index (χ0) is 13.4. The van der Waals surface area contributed by atoms with E-state index in [1.165, 1.54) is 6.42 Å². The molecule has 0 amide bonds. The molecule has 1 aromatic heterocycles. The van der Waals surface area contributed by atoms with Crippen molar-refractivity contribution in [3.63, 3.8) is 0 Å². The number of hydrogen-bond acceptors (Lipinski definition) is 4. The van der Waals surface area contributed by atoms with Gasteiger partial charge < -0.3 is 10.0 Å². The van der Waals surface area contributed by atoms with Crippen LogP contribution < -0.4 is 0 Å². The number of nitrogens with zero attached hydrogens (tertiary/aromatic N) is 4. The third-order valence-corrected chi connectivity index (χ3v) is 4.22. The Labute approximate surface area is 112 Å². The third kappa shape index (κ3) is 2.63. The molecular weight excluding hydrogens is 244 g/mol. The Kier molecular flexibility index (Phi) is 3.26. The predicted octanol–water partition coefficient (Wildman–Crippen LogP) is 0.419. The van der Waals surface area contributed by atoms with E-state index in [1.54, 1.807) is 0 Å². The molecule has 6 nitrogen and oxygen atoms in total. The summed E-state index contributed by atoms with van der Waals surface area (Å²) >= 11 is 0. The topological polar surface area (TPSA) is 71.2 Å². The Morgan fingerprint density at radius 1 is 1.42 bits per heavy atom. The van der Waals surface area contributed by atoms with Crippen molar-refractivity contribution >= 4 is 5.97 Å². The number of likely N-dealkylation sites (tertiary alicyclic amines) is 1. The summed E-state index contributed by atoms with van der Waals surface area (Å²) in [5.74, 6) is 1.38. The van der Waals surface area contributed by atoms with Crippen molar-refractivity contribution in [1.82, 2.24) is 19.7 Å². The van der Waals surface area contributed by atoms with Crippen molar-refractivity contribution in [2.45, 2.75) is 32.2 Å². The molecule has 2 aliphatic heterocycles. The fourth-order valence-electron chi connectivity index (χ4n) is 3.11. The summed E-state index contributed by atoms with van der Waals surface area (Å²) in [5, 5.41) is 13.6. The van der Waals surface area contributed by atoms with Crippen LogP contribution in [0, 0.1) is 11.8 Å². The molecule has 1 saturated heterocycles. The molecule has 1 aromatic rings. The number of aryl methyl sites for hydroxylation is 1. The molecule has 3 rings (SSSR count). The second-order valence-corrected chi connectivity index (χ2v) is 5.82. The third-order valence-electron chi connectivity index (χ3n) is 4.22. The molecular formula is C13H20N4O2. The normalized spacial score (nSPS) is 27.4. The molecule has 0 radical (unpaired) electrons. The van der Waals surface area contributed by atoms with Crippen LogP contribution in [-0.4, -0.2) is 50.9 Å². The standard InChI is InChI=1S/C13H20N4O2/c1-16-4-2-9(8-16)6-11-14-12-7-10(13(18)19)3-5-17(12)15-11/h9-10H,2-8H2,1H3,(H,18,19). The second kappa shape index (κ2) is 4.92. The van der Waals surface area contributed by atoms with Crippen molar-refractivity contribution < 1.29 is 9.90 Å². The molecule has 0 bridgehead atoms. The SMILES string of the molecule is CN1CCC(Cc2nc3n(n2)CCC(C(=O)O)C3)C1. The molecule has 1 N–H and O–H groups in total. The quantitative estimate of drug-likeness (QED) is 0.856. The number of carboxylic acids is 1. The molecule has 1 fully saturated rings. The van der Waals surface area contributed by atoms with Crippen LogP contribution >= 0.6 is 0 Å². The summed E-state index contributed by atoms with van der Waals surface area (Å²) in [4.78, 5) is 17.9. The Hall–Kier alpha value is -1.43. The van der Waals surface area contributed by atoms with Crippen molar-refractivity contribution in [1.29, 1.82) is 0 Å². The largest absolute Gasteiger partial charge is 0.481 e. The predicted molar refractivity (Wildman–Crippen MR) is 68.8 cm³/mol. The minimum Gasteiger partial charge on any atom is -0.481 e. The summed E-state index contributed by atoms with van der Waals surface area (Å²) in [6, 6.07) is 0. The maximum Gasteiger partial charge on any atom is 0.307 e. The number of carboxylic acid groups (broad SMARTS) is 1. The molecule has 19 heavy (non-hydrogen) atoms. The summed E-state index contributed by atoms with van der Waals surface area (Å²) in [6.45, 7) is 2.95. The summed E-state index contributed by atoms with van der Waals surface area (Å²) in [6.07, 6.45) is 3.31. The lowest BCUT2D eigenvalue weighted by Gasteiger charge is -2.17. The van der Waals surface area contributed by atoms with Crippen LogP contribution in [-0.2, 0) is 24.2 Å². The van der Waals surface area contributed by atoms with Crippen molar-refractivity contribution in [2.24, 2.45) is 11.8 Å². The van der Waals surface area contributed by atoms with Crippen LogP contribution in [0.1, 0.15) is 24.5 Å². The minimum atomic E-state index is -0.715. The van der Waals surface area contributed by atoms with Crippen LogP contribution in [0.15, 0.2) is 0 Å². The van der Waals surface area contributed by atoms with Crippen LogP contribution in [0.25, 0.3) is 0 Å². The molecule has 3 heterocycles. The minimum absolute atomic E-state index is 0.290. The Balaban J connectivity index is 1.67. The van der Waals surface area contributed by atoms with Crippen molar-refractivity contribution in [2.75, 3.05) is 20.1 Å². The molecule has 6 heteroatoms. The first-order valence-corrected chi connectivity index (χ1v) is 6.96. The van der Waals surface area contributed by atoms with Gasteiger partial charge in [0.1, 0.15) is 5.82 Å². The number of carbonyl (C=O) groups is 1. The maximum absolute atomic E-state index is 11.0. The van der Waals surface area contributed by atoms with Gasteiger partial charge in [-0.3, -0.25) is 4.79 Å². The lowest BCUT2D eigenvalue weighted by molar-refractivity contribution is -0.142. The molecule has 0 aliphatic carbocycles. The molecule has 0 saturated carbocycles. The van der Waals surface area contributed by atoms with Gasteiger partial charge in [0.15, 0.2) is 5.82 Å². The molecule has 0 aromatic carbocycles. The van der Waals surface area contributed by atoms with Crippen LogP contribution in [0.5, 0.6) is 0 Å². The van der Waals surface area contributed by atoms with Crippen LogP contribution in [0.4, 0.5) is 0 Å². The highest BCUT2D eigenvalue weighted by molar-refractivity contribution is 5.70. The van der Waals surface area contributed by atoms with Gasteiger partial charge in [-0.1, -0.05) is 0 Å².